The van der Waals surface area contributed by atoms with Crippen LogP contribution in [0, 0.1) is 19.3 Å². The van der Waals surface area contributed by atoms with E-state index in [2.05, 4.69) is 44.4 Å². The van der Waals surface area contributed by atoms with Gasteiger partial charge in [0.2, 0.25) is 0 Å². The summed E-state index contributed by atoms with van der Waals surface area (Å²) < 4.78 is 2.31. The SMILES string of the molecule is CCC(CC)(CO)Cn1c(C)ccc1C. The van der Waals surface area contributed by atoms with E-state index in [4.69, 9.17) is 0 Å². The van der Waals surface area contributed by atoms with E-state index in [0.29, 0.717) is 0 Å². The van der Waals surface area contributed by atoms with E-state index in [9.17, 15) is 5.11 Å². The maximum absolute atomic E-state index is 9.54. The van der Waals surface area contributed by atoms with E-state index in [1.807, 2.05) is 0 Å². The average molecular weight is 209 g/mol. The molecule has 0 fully saturated rings. The second-order valence-electron chi connectivity index (χ2n) is 4.57. The van der Waals surface area contributed by atoms with Crippen LogP contribution in [-0.4, -0.2) is 16.3 Å². The predicted molar refractivity (Wildman–Crippen MR) is 64.0 cm³/mol. The lowest BCUT2D eigenvalue weighted by molar-refractivity contribution is 0.0947. The summed E-state index contributed by atoms with van der Waals surface area (Å²) >= 11 is 0. The predicted octanol–water partition coefficient (Wildman–Crippen LogP) is 2.90. The number of hydrogen-bond donors (Lipinski definition) is 1. The highest BCUT2D eigenvalue weighted by molar-refractivity contribution is 5.14. The van der Waals surface area contributed by atoms with Gasteiger partial charge >= 0.3 is 0 Å². The Morgan fingerprint density at radius 2 is 1.60 bits per heavy atom. The first kappa shape index (κ1) is 12.3. The summed E-state index contributed by atoms with van der Waals surface area (Å²) in [6.45, 7) is 9.78. The molecule has 1 aromatic heterocycles. The highest BCUT2D eigenvalue weighted by Gasteiger charge is 2.26. The van der Waals surface area contributed by atoms with Crippen molar-refractivity contribution in [2.75, 3.05) is 6.61 Å². The van der Waals surface area contributed by atoms with Crippen LogP contribution in [0.5, 0.6) is 0 Å². The lowest BCUT2D eigenvalue weighted by Crippen LogP contribution is -2.30. The van der Waals surface area contributed by atoms with E-state index in [1.54, 1.807) is 0 Å². The van der Waals surface area contributed by atoms with Crippen LogP contribution in [0.15, 0.2) is 12.1 Å². The molecular formula is C13H23NO. The molecule has 0 aliphatic rings. The largest absolute Gasteiger partial charge is 0.396 e. The van der Waals surface area contributed by atoms with E-state index < -0.39 is 0 Å². The quantitative estimate of drug-likeness (QED) is 0.792. The van der Waals surface area contributed by atoms with Gasteiger partial charge in [0.15, 0.2) is 0 Å². The molecule has 1 heterocycles. The third-order valence-electron chi connectivity index (χ3n) is 3.75. The minimum absolute atomic E-state index is 0.0501. The Hall–Kier alpha value is -0.760. The minimum Gasteiger partial charge on any atom is -0.396 e. The van der Waals surface area contributed by atoms with Crippen molar-refractivity contribution >= 4 is 0 Å². The normalized spacial score (nSPS) is 12.1. The Balaban J connectivity index is 2.92. The average Bonchev–Trinajstić information content (AvgIpc) is 2.57. The van der Waals surface area contributed by atoms with Crippen LogP contribution in [0.4, 0.5) is 0 Å². The van der Waals surface area contributed by atoms with Gasteiger partial charge in [-0.05, 0) is 38.8 Å². The summed E-state index contributed by atoms with van der Waals surface area (Å²) in [5, 5.41) is 9.54. The molecule has 1 N–H and O–H groups in total. The maximum Gasteiger partial charge on any atom is 0.0504 e. The summed E-state index contributed by atoms with van der Waals surface area (Å²) in [6.07, 6.45) is 2.05. The number of hydrogen-bond acceptors (Lipinski definition) is 1. The third kappa shape index (κ3) is 2.43. The van der Waals surface area contributed by atoms with Gasteiger partial charge in [-0.1, -0.05) is 13.8 Å². The first-order chi connectivity index (χ1) is 7.08. The van der Waals surface area contributed by atoms with Crippen LogP contribution in [0.25, 0.3) is 0 Å². The topological polar surface area (TPSA) is 25.2 Å². The van der Waals surface area contributed by atoms with Gasteiger partial charge in [0, 0.05) is 23.3 Å². The van der Waals surface area contributed by atoms with Crippen LogP contribution in [-0.2, 0) is 6.54 Å². The summed E-state index contributed by atoms with van der Waals surface area (Å²) in [6, 6.07) is 4.28. The second-order valence-corrected chi connectivity index (χ2v) is 4.57. The smallest absolute Gasteiger partial charge is 0.0504 e. The van der Waals surface area contributed by atoms with Gasteiger partial charge in [-0.2, -0.15) is 0 Å². The number of nitrogens with zero attached hydrogens (tertiary/aromatic N) is 1. The molecule has 1 rings (SSSR count). The van der Waals surface area contributed by atoms with Crippen LogP contribution < -0.4 is 0 Å². The fourth-order valence-corrected chi connectivity index (χ4v) is 2.03. The fraction of sp³-hybridized carbons (Fsp3) is 0.692. The zero-order valence-corrected chi connectivity index (χ0v) is 10.4. The molecule has 15 heavy (non-hydrogen) atoms. The van der Waals surface area contributed by atoms with Crippen molar-refractivity contribution < 1.29 is 5.11 Å². The molecule has 0 aromatic carbocycles. The number of aromatic nitrogens is 1. The van der Waals surface area contributed by atoms with Gasteiger partial charge < -0.3 is 9.67 Å². The molecule has 0 atom stereocenters. The van der Waals surface area contributed by atoms with Crippen molar-refractivity contribution in [3.63, 3.8) is 0 Å². The van der Waals surface area contributed by atoms with Crippen LogP contribution in [0.1, 0.15) is 38.1 Å². The van der Waals surface area contributed by atoms with Crippen molar-refractivity contribution in [1.82, 2.24) is 4.57 Å². The molecule has 0 radical (unpaired) electrons. The van der Waals surface area contributed by atoms with Crippen molar-refractivity contribution in [3.8, 4) is 0 Å². The molecule has 0 bridgehead atoms. The van der Waals surface area contributed by atoms with Crippen LogP contribution in [0.2, 0.25) is 0 Å². The van der Waals surface area contributed by atoms with Crippen LogP contribution >= 0.6 is 0 Å². The molecule has 1 aromatic rings. The summed E-state index contributed by atoms with van der Waals surface area (Å²) in [4.78, 5) is 0. The molecule has 0 unspecified atom stereocenters. The molecule has 0 aliphatic carbocycles. The fourth-order valence-electron chi connectivity index (χ4n) is 2.03. The van der Waals surface area contributed by atoms with Gasteiger partial charge in [0.25, 0.3) is 0 Å². The van der Waals surface area contributed by atoms with E-state index in [0.717, 1.165) is 19.4 Å². The number of rotatable bonds is 5. The lowest BCUT2D eigenvalue weighted by atomic mass is 9.83. The number of aliphatic hydroxyl groups excluding tert-OH is 1. The van der Waals surface area contributed by atoms with Gasteiger partial charge in [0.05, 0.1) is 6.61 Å². The molecule has 0 amide bonds. The highest BCUT2D eigenvalue weighted by atomic mass is 16.3. The molecule has 0 saturated heterocycles. The molecule has 0 saturated carbocycles. The van der Waals surface area contributed by atoms with Crippen LogP contribution in [0.3, 0.4) is 0 Å². The molecular weight excluding hydrogens is 186 g/mol. The van der Waals surface area contributed by atoms with Gasteiger partial charge in [-0.3, -0.25) is 0 Å². The Labute approximate surface area is 92.9 Å². The van der Waals surface area contributed by atoms with Crippen molar-refractivity contribution in [3.05, 3.63) is 23.5 Å². The third-order valence-corrected chi connectivity index (χ3v) is 3.75. The van der Waals surface area contributed by atoms with E-state index in [-0.39, 0.29) is 12.0 Å². The Kier molecular flexibility index (Phi) is 3.97. The molecule has 2 nitrogen and oxygen atoms in total. The first-order valence-corrected chi connectivity index (χ1v) is 5.82. The standard InChI is InChI=1S/C13H23NO/c1-5-13(6-2,10-15)9-14-11(3)7-8-12(14)4/h7-8,15H,5-6,9-10H2,1-4H3. The van der Waals surface area contributed by atoms with E-state index >= 15 is 0 Å². The van der Waals surface area contributed by atoms with Crippen molar-refractivity contribution in [2.24, 2.45) is 5.41 Å². The zero-order chi connectivity index (χ0) is 11.5. The van der Waals surface area contributed by atoms with Gasteiger partial charge in [0.1, 0.15) is 0 Å². The Morgan fingerprint density at radius 3 is 1.93 bits per heavy atom. The first-order valence-electron chi connectivity index (χ1n) is 5.82. The molecule has 2 heteroatoms. The molecule has 86 valence electrons. The maximum atomic E-state index is 9.54. The zero-order valence-electron chi connectivity index (χ0n) is 10.4. The minimum atomic E-state index is 0.0501. The highest BCUT2D eigenvalue weighted by Crippen LogP contribution is 2.29. The Morgan fingerprint density at radius 1 is 1.13 bits per heavy atom. The Bertz CT molecular complexity index is 283. The molecule has 0 aliphatic heterocycles. The van der Waals surface area contributed by atoms with Crippen molar-refractivity contribution in [2.45, 2.75) is 47.1 Å². The van der Waals surface area contributed by atoms with Gasteiger partial charge in [-0.15, -0.1) is 0 Å². The second kappa shape index (κ2) is 4.84. The number of aliphatic hydroxyl groups is 1. The summed E-state index contributed by atoms with van der Waals surface area (Å²) in [5.41, 5.74) is 2.62. The summed E-state index contributed by atoms with van der Waals surface area (Å²) in [7, 11) is 0. The molecule has 0 spiro atoms. The lowest BCUT2D eigenvalue weighted by Gasteiger charge is -2.31. The number of aryl methyl sites for hydroxylation is 2. The summed E-state index contributed by atoms with van der Waals surface area (Å²) in [5.74, 6) is 0. The monoisotopic (exact) mass is 209 g/mol. The van der Waals surface area contributed by atoms with Gasteiger partial charge in [-0.25, -0.2) is 0 Å². The van der Waals surface area contributed by atoms with E-state index in [1.165, 1.54) is 11.4 Å². The van der Waals surface area contributed by atoms with Crippen molar-refractivity contribution in [1.29, 1.82) is 0 Å².